The van der Waals surface area contributed by atoms with E-state index in [1.54, 1.807) is 41.5 Å². The first-order valence-electron chi connectivity index (χ1n) is 26.5. The van der Waals surface area contributed by atoms with Gasteiger partial charge in [0.2, 0.25) is 0 Å². The van der Waals surface area contributed by atoms with Crippen LogP contribution in [0.25, 0.3) is 0 Å². The largest absolute Gasteiger partial charge is 0.481 e. The fourth-order valence-corrected chi connectivity index (χ4v) is 10.7. The Morgan fingerprint density at radius 2 is 1.29 bits per heavy atom. The third-order valence-corrected chi connectivity index (χ3v) is 15.3. The van der Waals surface area contributed by atoms with E-state index in [0.29, 0.717) is 12.8 Å². The molecule has 0 saturated carbocycles. The second kappa shape index (κ2) is 29.8. The quantitative estimate of drug-likeness (QED) is 0.0488. The highest BCUT2D eigenvalue weighted by atomic mass is 16.7. The Morgan fingerprint density at radius 3 is 1.78 bits per heavy atom. The number of ether oxygens (including phenoxy) is 6. The summed E-state index contributed by atoms with van der Waals surface area (Å²) >= 11 is 0. The first-order valence-corrected chi connectivity index (χ1v) is 26.5. The minimum Gasteiger partial charge on any atom is -0.481 e. The molecule has 3 saturated heterocycles. The molecule has 69 heavy (non-hydrogen) atoms. The number of carbonyl (C=O) groups excluding carboxylic acids is 2. The predicted octanol–water partition coefficient (Wildman–Crippen LogP) is 7.34. The highest BCUT2D eigenvalue weighted by Gasteiger charge is 2.53. The molecule has 16 nitrogen and oxygen atoms in total. The van der Waals surface area contributed by atoms with Crippen molar-refractivity contribution in [2.75, 3.05) is 21.2 Å². The van der Waals surface area contributed by atoms with E-state index >= 15 is 0 Å². The van der Waals surface area contributed by atoms with Gasteiger partial charge in [-0.25, -0.2) is 0 Å². The molecule has 3 heterocycles. The van der Waals surface area contributed by atoms with Crippen LogP contribution in [0.15, 0.2) is 0 Å². The van der Waals surface area contributed by atoms with Crippen molar-refractivity contribution in [2.45, 2.75) is 276 Å². The molecule has 0 aromatic heterocycles. The first kappa shape index (κ1) is 63.3. The third-order valence-electron chi connectivity index (χ3n) is 15.3. The molecule has 0 radical (unpaired) electrons. The number of aliphatic hydroxyl groups excluding tert-OH is 3. The van der Waals surface area contributed by atoms with Gasteiger partial charge in [0.05, 0.1) is 47.6 Å². The molecule has 0 aliphatic carbocycles. The summed E-state index contributed by atoms with van der Waals surface area (Å²) in [6.07, 6.45) is 7.56. The van der Waals surface area contributed by atoms with E-state index < -0.39 is 114 Å². The summed E-state index contributed by atoms with van der Waals surface area (Å²) in [6.45, 7) is 18.6. The Balaban J connectivity index is 0.000000765. The molecule has 0 unspecified atom stereocenters. The number of aliphatic hydroxyl groups is 5. The van der Waals surface area contributed by atoms with Gasteiger partial charge < -0.3 is 64.0 Å². The van der Waals surface area contributed by atoms with Gasteiger partial charge in [-0.15, -0.1) is 0 Å². The van der Waals surface area contributed by atoms with Crippen LogP contribution in [0.2, 0.25) is 0 Å². The van der Waals surface area contributed by atoms with E-state index in [-0.39, 0.29) is 31.4 Å². The Bertz CT molecular complexity index is 1500. The minimum atomic E-state index is -1.99. The average Bonchev–Trinajstić information content (AvgIpc) is 3.28. The van der Waals surface area contributed by atoms with Crippen LogP contribution in [-0.4, -0.2) is 159 Å². The molecule has 3 aliphatic heterocycles. The Morgan fingerprint density at radius 1 is 0.754 bits per heavy atom. The number of likely N-dealkylation sites (N-methyl/N-ethyl adjacent to an activating group) is 1. The predicted molar refractivity (Wildman–Crippen MR) is 264 cm³/mol. The molecular weight excluding hydrogens is 891 g/mol. The number of ketones is 1. The van der Waals surface area contributed by atoms with Crippen molar-refractivity contribution in [3.8, 4) is 0 Å². The van der Waals surface area contributed by atoms with Crippen molar-refractivity contribution >= 4 is 17.7 Å². The highest BCUT2D eigenvalue weighted by molar-refractivity contribution is 5.83. The van der Waals surface area contributed by atoms with Crippen LogP contribution in [0.1, 0.15) is 192 Å². The van der Waals surface area contributed by atoms with E-state index in [2.05, 4.69) is 6.92 Å². The summed E-state index contributed by atoms with van der Waals surface area (Å²) in [5.74, 6) is -5.63. The van der Waals surface area contributed by atoms with Gasteiger partial charge in [0.15, 0.2) is 12.6 Å². The number of rotatable bonds is 21. The number of nitrogens with zero attached hydrogens (tertiary/aromatic N) is 1. The van der Waals surface area contributed by atoms with Gasteiger partial charge in [0.1, 0.15) is 29.7 Å². The molecule has 3 rings (SSSR count). The molecule has 406 valence electrons. The van der Waals surface area contributed by atoms with Crippen molar-refractivity contribution in [1.29, 1.82) is 0 Å². The molecule has 0 spiro atoms. The van der Waals surface area contributed by atoms with E-state index in [1.165, 1.54) is 98.5 Å². The molecule has 0 aromatic carbocycles. The lowest BCUT2D eigenvalue weighted by atomic mass is 9.74. The molecule has 3 fully saturated rings. The van der Waals surface area contributed by atoms with Gasteiger partial charge in [-0.2, -0.15) is 0 Å². The summed E-state index contributed by atoms with van der Waals surface area (Å²) in [5, 5.41) is 66.1. The van der Waals surface area contributed by atoms with Crippen LogP contribution in [0.4, 0.5) is 0 Å². The second-order valence-corrected chi connectivity index (χ2v) is 21.9. The molecule has 18 atom stereocenters. The van der Waals surface area contributed by atoms with Crippen LogP contribution in [0, 0.1) is 23.7 Å². The Kier molecular flexibility index (Phi) is 27.3. The maximum Gasteiger partial charge on any atom is 0.311 e. The summed E-state index contributed by atoms with van der Waals surface area (Å²) < 4.78 is 37.1. The Hall–Kier alpha value is -1.83. The van der Waals surface area contributed by atoms with Crippen molar-refractivity contribution in [3.05, 3.63) is 0 Å². The number of Topliss-reactive ketones (excluding diaryl/α,β-unsaturated/α-hetero) is 1. The van der Waals surface area contributed by atoms with Gasteiger partial charge >= 0.3 is 11.9 Å². The van der Waals surface area contributed by atoms with E-state index in [9.17, 15) is 39.9 Å². The number of hydrogen-bond acceptors (Lipinski definition) is 15. The summed E-state index contributed by atoms with van der Waals surface area (Å²) in [6, 6.07) is -0.324. The number of carboxylic acid groups (broad SMARTS) is 1. The van der Waals surface area contributed by atoms with E-state index in [0.717, 1.165) is 12.8 Å². The van der Waals surface area contributed by atoms with Gasteiger partial charge in [-0.1, -0.05) is 112 Å². The van der Waals surface area contributed by atoms with Gasteiger partial charge in [-0.3, -0.25) is 14.4 Å². The lowest BCUT2D eigenvalue weighted by Crippen LogP contribution is -2.61. The van der Waals surface area contributed by atoms with Crippen molar-refractivity contribution in [3.63, 3.8) is 0 Å². The Labute approximate surface area is 415 Å². The summed E-state index contributed by atoms with van der Waals surface area (Å²) in [5.41, 5.74) is -4.84. The summed E-state index contributed by atoms with van der Waals surface area (Å²) in [7, 11) is 5.18. The van der Waals surface area contributed by atoms with Crippen LogP contribution in [-0.2, 0) is 42.8 Å². The van der Waals surface area contributed by atoms with Crippen LogP contribution >= 0.6 is 0 Å². The highest BCUT2D eigenvalue weighted by Crippen LogP contribution is 2.41. The number of cyclic esters (lactones) is 1. The molecule has 0 aromatic rings. The standard InChI is InChI=1S/C37H67NO13.C16H32O2/c1-14-25-37(10,45)30(41)20(4)27(39)18(2)16-35(8,44)32(51-34-28(40)24(38(11)12)15-19(3)47-34)21(5)29(22(6)33(43)49-25)50-26-17-36(9,46-13)31(42)23(7)48-26;1-2-3-4-5-6-7-8-9-10-11-12-13-14-15-16(17)18/h18-26,28-32,34,40-42,44-45H,14-17H2,1-13H3;2-15H2,1H3,(H,17,18)/t18-,19-,20+,21-,22-,23+,24+,25-,26+,28-,29+,30+,31+,32-,34+,35-,36-,37-;/m1./s1. The second-order valence-electron chi connectivity index (χ2n) is 21.9. The van der Waals surface area contributed by atoms with Crippen LogP contribution in [0.3, 0.4) is 0 Å². The lowest BCUT2D eigenvalue weighted by molar-refractivity contribution is -0.318. The molecule has 6 N–H and O–H groups in total. The van der Waals surface area contributed by atoms with Crippen molar-refractivity contribution in [1.82, 2.24) is 4.90 Å². The number of esters is 1. The normalized spacial score (nSPS) is 39.6. The zero-order valence-corrected chi connectivity index (χ0v) is 45.2. The third kappa shape index (κ3) is 18.9. The average molecular weight is 990 g/mol. The number of unbranched alkanes of at least 4 members (excludes halogenated alkanes) is 12. The van der Waals surface area contributed by atoms with Gasteiger partial charge in [-0.05, 0) is 81.3 Å². The number of aliphatic carboxylic acids is 1. The molecule has 0 amide bonds. The zero-order chi connectivity index (χ0) is 52.4. The fourth-order valence-electron chi connectivity index (χ4n) is 10.7. The maximum atomic E-state index is 14.1. The van der Waals surface area contributed by atoms with Crippen molar-refractivity contribution in [2.24, 2.45) is 23.7 Å². The van der Waals surface area contributed by atoms with Crippen LogP contribution in [0.5, 0.6) is 0 Å². The van der Waals surface area contributed by atoms with E-state index in [4.69, 9.17) is 33.5 Å². The number of methoxy groups -OCH3 is 1. The van der Waals surface area contributed by atoms with Crippen molar-refractivity contribution < 1.29 is 73.4 Å². The molecule has 3 aliphatic rings. The topological polar surface area (TPSA) is 231 Å². The molecular formula is C53H99NO15. The lowest BCUT2D eigenvalue weighted by Gasteiger charge is -2.49. The number of carbonyl (C=O) groups is 3. The maximum absolute atomic E-state index is 14.1. The monoisotopic (exact) mass is 990 g/mol. The molecule has 16 heteroatoms. The number of hydrogen-bond donors (Lipinski definition) is 6. The minimum absolute atomic E-state index is 0.0936. The summed E-state index contributed by atoms with van der Waals surface area (Å²) in [4.78, 5) is 40.1. The van der Waals surface area contributed by atoms with Gasteiger partial charge in [0.25, 0.3) is 0 Å². The van der Waals surface area contributed by atoms with E-state index in [1.807, 2.05) is 25.9 Å². The first-order chi connectivity index (χ1) is 32.2. The fraction of sp³-hybridized carbons (Fsp3) is 0.943. The number of carboxylic acids is 1. The van der Waals surface area contributed by atoms with Gasteiger partial charge in [0, 0.05) is 43.7 Å². The zero-order valence-electron chi connectivity index (χ0n) is 45.2. The SMILES string of the molecule is CCCCCCCCCCCCCCCC(=O)O.CC[C@H]1OC(=O)[C@H](C)[C@@H](O[C@H]2C[C@@](C)(OC)[C@@H](O)[C@H](C)O2)[C@@H](C)[C@@H](O[C@@H]2O[C@H](C)C[C@H](N(C)C)[C@H]2O)[C@](C)(O)C[C@@H](C)C(=O)[C@H](C)[C@H](O)[C@]1(C)O. The molecule has 0 bridgehead atoms. The smallest absolute Gasteiger partial charge is 0.311 e. The van der Waals surface area contributed by atoms with Crippen LogP contribution < -0.4 is 0 Å².